The quantitative estimate of drug-likeness (QED) is 0.635. The van der Waals surface area contributed by atoms with Gasteiger partial charge in [0, 0.05) is 0 Å². The number of carboxylic acid groups (broad SMARTS) is 2. The SMILES string of the molecule is CCCCCCCCCc1ccccc1.O=C(O)O. The predicted molar refractivity (Wildman–Crippen MR) is 78.8 cm³/mol. The summed E-state index contributed by atoms with van der Waals surface area (Å²) in [4.78, 5) is 8.56. The fraction of sp³-hybridized carbons (Fsp3) is 0.562. The van der Waals surface area contributed by atoms with Gasteiger partial charge in [-0.05, 0) is 18.4 Å². The highest BCUT2D eigenvalue weighted by molar-refractivity contribution is 5.53. The molecule has 0 bridgehead atoms. The van der Waals surface area contributed by atoms with Gasteiger partial charge in [0.15, 0.2) is 0 Å². The first-order valence-electron chi connectivity index (χ1n) is 7.12. The maximum Gasteiger partial charge on any atom is 0.503 e. The molecule has 108 valence electrons. The molecular weight excluding hydrogens is 240 g/mol. The molecule has 3 heteroatoms. The summed E-state index contributed by atoms with van der Waals surface area (Å²) in [6.45, 7) is 2.27. The Bertz CT molecular complexity index is 305. The molecule has 0 unspecified atom stereocenters. The fourth-order valence-electron chi connectivity index (χ4n) is 1.93. The van der Waals surface area contributed by atoms with E-state index in [0.717, 1.165) is 0 Å². The number of hydrogen-bond acceptors (Lipinski definition) is 1. The molecular formula is C16H26O3. The molecule has 1 aromatic carbocycles. The van der Waals surface area contributed by atoms with Gasteiger partial charge in [-0.25, -0.2) is 4.79 Å². The second-order valence-electron chi connectivity index (χ2n) is 4.64. The lowest BCUT2D eigenvalue weighted by atomic mass is 10.0. The number of unbranched alkanes of at least 4 members (excludes halogenated alkanes) is 6. The normalized spacial score (nSPS) is 9.53. The number of hydrogen-bond donors (Lipinski definition) is 2. The molecule has 0 aliphatic heterocycles. The molecule has 0 radical (unpaired) electrons. The van der Waals surface area contributed by atoms with Crippen LogP contribution in [0, 0.1) is 0 Å². The summed E-state index contributed by atoms with van der Waals surface area (Å²) in [5, 5.41) is 13.9. The highest BCUT2D eigenvalue weighted by Crippen LogP contribution is 2.10. The van der Waals surface area contributed by atoms with Crippen LogP contribution in [0.5, 0.6) is 0 Å². The Kier molecular flexibility index (Phi) is 11.9. The van der Waals surface area contributed by atoms with Gasteiger partial charge in [-0.2, -0.15) is 0 Å². The zero-order valence-electron chi connectivity index (χ0n) is 11.8. The van der Waals surface area contributed by atoms with Gasteiger partial charge in [0.2, 0.25) is 0 Å². The van der Waals surface area contributed by atoms with Crippen LogP contribution in [0.2, 0.25) is 0 Å². The topological polar surface area (TPSA) is 57.5 Å². The van der Waals surface area contributed by atoms with Crippen LogP contribution in [-0.4, -0.2) is 16.4 Å². The largest absolute Gasteiger partial charge is 0.503 e. The molecule has 0 amide bonds. The average Bonchev–Trinajstić information content (AvgIpc) is 2.38. The minimum absolute atomic E-state index is 1.26. The first-order chi connectivity index (χ1) is 9.16. The van der Waals surface area contributed by atoms with Crippen LogP contribution in [0.4, 0.5) is 4.79 Å². The summed E-state index contributed by atoms with van der Waals surface area (Å²) in [6, 6.07) is 10.8. The van der Waals surface area contributed by atoms with Crippen LogP contribution < -0.4 is 0 Å². The lowest BCUT2D eigenvalue weighted by Gasteiger charge is -2.01. The monoisotopic (exact) mass is 266 g/mol. The van der Waals surface area contributed by atoms with Crippen molar-refractivity contribution >= 4 is 6.16 Å². The molecule has 0 spiro atoms. The van der Waals surface area contributed by atoms with Crippen molar-refractivity contribution in [3.8, 4) is 0 Å². The standard InChI is InChI=1S/C15H24.CH2O3/c1-2-3-4-5-6-7-9-12-15-13-10-8-11-14-15;2-1(3)4/h8,10-11,13-14H,2-7,9,12H2,1H3;(H2,2,3,4). The van der Waals surface area contributed by atoms with E-state index in [2.05, 4.69) is 37.3 Å². The van der Waals surface area contributed by atoms with Gasteiger partial charge in [0.1, 0.15) is 0 Å². The van der Waals surface area contributed by atoms with Crippen molar-refractivity contribution in [2.45, 2.75) is 58.3 Å². The Morgan fingerprint density at radius 3 is 1.89 bits per heavy atom. The van der Waals surface area contributed by atoms with Crippen LogP contribution >= 0.6 is 0 Å². The van der Waals surface area contributed by atoms with Gasteiger partial charge in [-0.15, -0.1) is 0 Å². The number of rotatable bonds is 8. The highest BCUT2D eigenvalue weighted by atomic mass is 16.6. The third kappa shape index (κ3) is 14.4. The second kappa shape index (κ2) is 12.9. The minimum Gasteiger partial charge on any atom is -0.450 e. The smallest absolute Gasteiger partial charge is 0.450 e. The molecule has 0 saturated heterocycles. The molecule has 1 rings (SSSR count). The molecule has 0 aliphatic carbocycles. The van der Waals surface area contributed by atoms with E-state index >= 15 is 0 Å². The third-order valence-electron chi connectivity index (χ3n) is 2.91. The van der Waals surface area contributed by atoms with Crippen molar-refractivity contribution < 1.29 is 15.0 Å². The highest BCUT2D eigenvalue weighted by Gasteiger charge is 1.92. The fourth-order valence-corrected chi connectivity index (χ4v) is 1.93. The molecule has 19 heavy (non-hydrogen) atoms. The van der Waals surface area contributed by atoms with E-state index in [1.807, 2.05) is 0 Å². The summed E-state index contributed by atoms with van der Waals surface area (Å²) in [5.74, 6) is 0. The molecule has 0 fully saturated rings. The van der Waals surface area contributed by atoms with E-state index in [9.17, 15) is 0 Å². The zero-order chi connectivity index (χ0) is 14.3. The van der Waals surface area contributed by atoms with E-state index in [0.29, 0.717) is 0 Å². The lowest BCUT2D eigenvalue weighted by Crippen LogP contribution is -1.85. The van der Waals surface area contributed by atoms with Crippen LogP contribution in [0.25, 0.3) is 0 Å². The van der Waals surface area contributed by atoms with Gasteiger partial charge in [0.05, 0.1) is 0 Å². The average molecular weight is 266 g/mol. The van der Waals surface area contributed by atoms with Crippen molar-refractivity contribution in [1.82, 2.24) is 0 Å². The van der Waals surface area contributed by atoms with Gasteiger partial charge in [-0.3, -0.25) is 0 Å². The van der Waals surface area contributed by atoms with Crippen LogP contribution in [0.15, 0.2) is 30.3 Å². The van der Waals surface area contributed by atoms with Crippen LogP contribution in [0.1, 0.15) is 57.4 Å². The van der Waals surface area contributed by atoms with E-state index in [1.165, 1.54) is 56.9 Å². The molecule has 0 saturated carbocycles. The maximum atomic E-state index is 8.56. The summed E-state index contributed by atoms with van der Waals surface area (Å²) >= 11 is 0. The summed E-state index contributed by atoms with van der Waals surface area (Å²) in [7, 11) is 0. The molecule has 1 aromatic rings. The predicted octanol–water partition coefficient (Wildman–Crippen LogP) is 5.20. The number of benzene rings is 1. The Morgan fingerprint density at radius 1 is 0.895 bits per heavy atom. The van der Waals surface area contributed by atoms with E-state index in [1.54, 1.807) is 0 Å². The molecule has 3 nitrogen and oxygen atoms in total. The molecule has 0 aromatic heterocycles. The first-order valence-corrected chi connectivity index (χ1v) is 7.12. The third-order valence-corrected chi connectivity index (χ3v) is 2.91. The first kappa shape index (κ1) is 17.5. The number of carbonyl (C=O) groups is 1. The Hall–Kier alpha value is -1.51. The van der Waals surface area contributed by atoms with Crippen molar-refractivity contribution in [1.29, 1.82) is 0 Å². The molecule has 0 atom stereocenters. The van der Waals surface area contributed by atoms with Gasteiger partial charge in [-0.1, -0.05) is 75.8 Å². The van der Waals surface area contributed by atoms with Crippen LogP contribution in [0.3, 0.4) is 0 Å². The van der Waals surface area contributed by atoms with Crippen molar-refractivity contribution in [2.24, 2.45) is 0 Å². The van der Waals surface area contributed by atoms with E-state index in [4.69, 9.17) is 15.0 Å². The number of aryl methyl sites for hydroxylation is 1. The Balaban J connectivity index is 0.000000711. The minimum atomic E-state index is -1.83. The maximum absolute atomic E-state index is 8.56. The molecule has 0 heterocycles. The van der Waals surface area contributed by atoms with Gasteiger partial charge in [0.25, 0.3) is 0 Å². The second-order valence-corrected chi connectivity index (χ2v) is 4.64. The van der Waals surface area contributed by atoms with Crippen molar-refractivity contribution in [2.75, 3.05) is 0 Å². The van der Waals surface area contributed by atoms with Gasteiger partial charge >= 0.3 is 6.16 Å². The summed E-state index contributed by atoms with van der Waals surface area (Å²) in [5.41, 5.74) is 1.49. The van der Waals surface area contributed by atoms with E-state index in [-0.39, 0.29) is 0 Å². The summed E-state index contributed by atoms with van der Waals surface area (Å²) in [6.07, 6.45) is 9.24. The van der Waals surface area contributed by atoms with Gasteiger partial charge < -0.3 is 10.2 Å². The van der Waals surface area contributed by atoms with E-state index < -0.39 is 6.16 Å². The zero-order valence-corrected chi connectivity index (χ0v) is 11.8. The Labute approximate surface area is 116 Å². The van der Waals surface area contributed by atoms with Crippen LogP contribution in [-0.2, 0) is 6.42 Å². The Morgan fingerprint density at radius 2 is 1.37 bits per heavy atom. The van der Waals surface area contributed by atoms with Crippen molar-refractivity contribution in [3.05, 3.63) is 35.9 Å². The summed E-state index contributed by atoms with van der Waals surface area (Å²) < 4.78 is 0. The molecule has 2 N–H and O–H groups in total. The van der Waals surface area contributed by atoms with Crippen molar-refractivity contribution in [3.63, 3.8) is 0 Å². The lowest BCUT2D eigenvalue weighted by molar-refractivity contribution is 0.137. The molecule has 0 aliphatic rings.